The lowest BCUT2D eigenvalue weighted by Crippen LogP contribution is -2.39. The highest BCUT2D eigenvalue weighted by Crippen LogP contribution is 2.28. The van der Waals surface area contributed by atoms with Gasteiger partial charge in [0.1, 0.15) is 12.4 Å². The quantitative estimate of drug-likeness (QED) is 0.831. The van der Waals surface area contributed by atoms with E-state index >= 15 is 0 Å². The SMILES string of the molecule is C[C@H]1COc2ccc(CN3CCOCC3)cc2CN1C(=O)c1cccs1. The summed E-state index contributed by atoms with van der Waals surface area (Å²) in [4.78, 5) is 18.0. The third kappa shape index (κ3) is 3.77. The summed E-state index contributed by atoms with van der Waals surface area (Å²) in [6.45, 7) is 7.60. The zero-order valence-electron chi connectivity index (χ0n) is 15.0. The van der Waals surface area contributed by atoms with E-state index in [9.17, 15) is 4.79 Å². The van der Waals surface area contributed by atoms with Crippen LogP contribution in [0.5, 0.6) is 5.75 Å². The van der Waals surface area contributed by atoms with Crippen LogP contribution in [0.3, 0.4) is 0 Å². The highest BCUT2D eigenvalue weighted by atomic mass is 32.1. The van der Waals surface area contributed by atoms with Crippen molar-refractivity contribution in [3.63, 3.8) is 0 Å². The smallest absolute Gasteiger partial charge is 0.264 e. The van der Waals surface area contributed by atoms with Crippen molar-refractivity contribution in [2.75, 3.05) is 32.9 Å². The number of amides is 1. The molecule has 0 saturated carbocycles. The summed E-state index contributed by atoms with van der Waals surface area (Å²) >= 11 is 1.49. The average molecular weight is 372 g/mol. The second-order valence-electron chi connectivity index (χ2n) is 6.90. The molecule has 1 amide bonds. The summed E-state index contributed by atoms with van der Waals surface area (Å²) in [5.74, 6) is 0.978. The van der Waals surface area contributed by atoms with E-state index in [2.05, 4.69) is 23.1 Å². The van der Waals surface area contributed by atoms with Crippen LogP contribution in [0.2, 0.25) is 0 Å². The Morgan fingerprint density at radius 3 is 2.88 bits per heavy atom. The number of benzene rings is 1. The van der Waals surface area contributed by atoms with E-state index in [0.717, 1.165) is 49.0 Å². The van der Waals surface area contributed by atoms with Gasteiger partial charge in [-0.3, -0.25) is 9.69 Å². The molecule has 6 heteroatoms. The Balaban J connectivity index is 1.54. The molecule has 1 aromatic carbocycles. The van der Waals surface area contributed by atoms with Gasteiger partial charge in [-0.15, -0.1) is 11.3 Å². The zero-order valence-corrected chi connectivity index (χ0v) is 15.8. The molecule has 0 spiro atoms. The molecular formula is C20H24N2O3S. The van der Waals surface area contributed by atoms with Gasteiger partial charge < -0.3 is 14.4 Å². The minimum Gasteiger partial charge on any atom is -0.491 e. The standard InChI is InChI=1S/C20H24N2O3S/c1-15-14-25-18-5-4-16(12-21-6-8-24-9-7-21)11-17(18)13-22(15)20(23)19-3-2-10-26-19/h2-5,10-11,15H,6-9,12-14H2,1H3/t15-/m0/s1. The van der Waals surface area contributed by atoms with E-state index < -0.39 is 0 Å². The summed E-state index contributed by atoms with van der Waals surface area (Å²) in [6.07, 6.45) is 0. The molecule has 2 aliphatic heterocycles. The van der Waals surface area contributed by atoms with E-state index in [0.29, 0.717) is 13.2 Å². The molecule has 0 aliphatic carbocycles. The summed E-state index contributed by atoms with van der Waals surface area (Å²) in [7, 11) is 0. The number of ether oxygens (including phenoxy) is 2. The third-order valence-electron chi connectivity index (χ3n) is 4.98. The number of fused-ring (bicyclic) bond motifs is 1. The molecule has 138 valence electrons. The lowest BCUT2D eigenvalue weighted by molar-refractivity contribution is 0.0341. The second-order valence-corrected chi connectivity index (χ2v) is 7.85. The van der Waals surface area contributed by atoms with Crippen LogP contribution in [0.4, 0.5) is 0 Å². The fraction of sp³-hybridized carbons (Fsp3) is 0.450. The van der Waals surface area contributed by atoms with Crippen LogP contribution in [-0.4, -0.2) is 54.7 Å². The van der Waals surface area contributed by atoms with E-state index in [1.165, 1.54) is 16.9 Å². The second kappa shape index (κ2) is 7.78. The highest BCUT2D eigenvalue weighted by molar-refractivity contribution is 7.12. The first-order chi connectivity index (χ1) is 12.7. The van der Waals surface area contributed by atoms with Crippen molar-refractivity contribution >= 4 is 17.2 Å². The Labute approximate surface area is 158 Å². The number of hydrogen-bond donors (Lipinski definition) is 0. The molecule has 4 rings (SSSR count). The van der Waals surface area contributed by atoms with Gasteiger partial charge in [0.05, 0.1) is 30.7 Å². The summed E-state index contributed by atoms with van der Waals surface area (Å²) in [5, 5.41) is 1.95. The number of morpholine rings is 1. The first kappa shape index (κ1) is 17.5. The van der Waals surface area contributed by atoms with Crippen molar-refractivity contribution in [1.82, 2.24) is 9.80 Å². The van der Waals surface area contributed by atoms with Crippen molar-refractivity contribution in [1.29, 1.82) is 0 Å². The highest BCUT2D eigenvalue weighted by Gasteiger charge is 2.27. The number of carbonyl (C=O) groups is 1. The average Bonchev–Trinajstić information content (AvgIpc) is 3.15. The van der Waals surface area contributed by atoms with Gasteiger partial charge in [0.15, 0.2) is 0 Å². The molecule has 0 bridgehead atoms. The predicted octanol–water partition coefficient (Wildman–Crippen LogP) is 3.00. The number of carbonyl (C=O) groups excluding carboxylic acids is 1. The van der Waals surface area contributed by atoms with E-state index in [4.69, 9.17) is 9.47 Å². The van der Waals surface area contributed by atoms with Crippen LogP contribution in [0.15, 0.2) is 35.7 Å². The molecule has 3 heterocycles. The monoisotopic (exact) mass is 372 g/mol. The van der Waals surface area contributed by atoms with Crippen LogP contribution >= 0.6 is 11.3 Å². The predicted molar refractivity (Wildman–Crippen MR) is 102 cm³/mol. The molecule has 0 unspecified atom stereocenters. The number of rotatable bonds is 3. The van der Waals surface area contributed by atoms with Gasteiger partial charge in [-0.1, -0.05) is 12.1 Å². The molecule has 0 radical (unpaired) electrons. The van der Waals surface area contributed by atoms with Gasteiger partial charge >= 0.3 is 0 Å². The Bertz CT molecular complexity index is 756. The molecular weight excluding hydrogens is 348 g/mol. The molecule has 2 aliphatic rings. The van der Waals surface area contributed by atoms with Crippen LogP contribution in [0, 0.1) is 0 Å². The van der Waals surface area contributed by atoms with Crippen molar-refractivity contribution in [3.05, 3.63) is 51.7 Å². The maximum atomic E-state index is 12.9. The first-order valence-corrected chi connectivity index (χ1v) is 9.98. The number of hydrogen-bond acceptors (Lipinski definition) is 5. The molecule has 5 nitrogen and oxygen atoms in total. The van der Waals surface area contributed by atoms with Crippen molar-refractivity contribution in [3.8, 4) is 5.75 Å². The summed E-state index contributed by atoms with van der Waals surface area (Å²) < 4.78 is 11.4. The first-order valence-electron chi connectivity index (χ1n) is 9.10. The van der Waals surface area contributed by atoms with Gasteiger partial charge in [-0.25, -0.2) is 0 Å². The number of nitrogens with zero attached hydrogens (tertiary/aromatic N) is 2. The van der Waals surface area contributed by atoms with Gasteiger partial charge in [0.2, 0.25) is 0 Å². The van der Waals surface area contributed by atoms with Crippen molar-refractivity contribution < 1.29 is 14.3 Å². The minimum atomic E-state index is 0.0414. The zero-order chi connectivity index (χ0) is 17.9. The maximum Gasteiger partial charge on any atom is 0.264 e. The number of thiophene rings is 1. The van der Waals surface area contributed by atoms with Gasteiger partial charge in [0, 0.05) is 25.2 Å². The summed E-state index contributed by atoms with van der Waals surface area (Å²) in [6, 6.07) is 10.2. The summed E-state index contributed by atoms with van der Waals surface area (Å²) in [5.41, 5.74) is 2.34. The van der Waals surface area contributed by atoms with Crippen LogP contribution in [0.25, 0.3) is 0 Å². The fourth-order valence-electron chi connectivity index (χ4n) is 3.47. The Morgan fingerprint density at radius 2 is 2.12 bits per heavy atom. The van der Waals surface area contributed by atoms with Gasteiger partial charge in [-0.05, 0) is 36.1 Å². The topological polar surface area (TPSA) is 42.0 Å². The molecule has 0 N–H and O–H groups in total. The van der Waals surface area contributed by atoms with Gasteiger partial charge in [0.25, 0.3) is 5.91 Å². The Hall–Kier alpha value is -1.89. The molecule has 1 fully saturated rings. The molecule has 2 aromatic rings. The lowest BCUT2D eigenvalue weighted by atomic mass is 10.1. The largest absolute Gasteiger partial charge is 0.491 e. The third-order valence-corrected chi connectivity index (χ3v) is 5.84. The van der Waals surface area contributed by atoms with Crippen molar-refractivity contribution in [2.45, 2.75) is 26.1 Å². The molecule has 1 saturated heterocycles. The Kier molecular flexibility index (Phi) is 5.24. The van der Waals surface area contributed by atoms with Crippen LogP contribution in [0.1, 0.15) is 27.7 Å². The normalized spacial score (nSPS) is 21.0. The van der Waals surface area contributed by atoms with Crippen LogP contribution in [-0.2, 0) is 17.8 Å². The molecule has 1 atom stereocenters. The molecule has 1 aromatic heterocycles. The van der Waals surface area contributed by atoms with Crippen molar-refractivity contribution in [2.24, 2.45) is 0 Å². The van der Waals surface area contributed by atoms with Crippen LogP contribution < -0.4 is 4.74 Å². The van der Waals surface area contributed by atoms with E-state index in [1.54, 1.807) is 0 Å². The van der Waals surface area contributed by atoms with E-state index in [1.807, 2.05) is 29.3 Å². The minimum absolute atomic E-state index is 0.0414. The van der Waals surface area contributed by atoms with E-state index in [-0.39, 0.29) is 11.9 Å². The maximum absolute atomic E-state index is 12.9. The molecule has 26 heavy (non-hydrogen) atoms. The lowest BCUT2D eigenvalue weighted by Gasteiger charge is -2.27. The fourth-order valence-corrected chi connectivity index (χ4v) is 4.15. The van der Waals surface area contributed by atoms with Gasteiger partial charge in [-0.2, -0.15) is 0 Å². The Morgan fingerprint density at radius 1 is 1.27 bits per heavy atom.